The fourth-order valence-electron chi connectivity index (χ4n) is 3.77. The van der Waals surface area contributed by atoms with Gasteiger partial charge >= 0.3 is 17.8 Å². The van der Waals surface area contributed by atoms with Crippen LogP contribution in [-0.4, -0.2) is 31.1 Å². The first kappa shape index (κ1) is 26.1. The van der Waals surface area contributed by atoms with E-state index < -0.39 is 17.8 Å². The van der Waals surface area contributed by atoms with E-state index in [4.69, 9.17) is 9.47 Å². The molecule has 11 heteroatoms. The molecule has 2 amide bonds. The van der Waals surface area contributed by atoms with Crippen LogP contribution in [-0.2, 0) is 22.4 Å². The Hall–Kier alpha value is -4.01. The summed E-state index contributed by atoms with van der Waals surface area (Å²) < 4.78 is 11.5. The van der Waals surface area contributed by atoms with Gasteiger partial charge in [-0.3, -0.25) is 9.59 Å². The summed E-state index contributed by atoms with van der Waals surface area (Å²) in [5, 5.41) is 16.2. The highest BCUT2D eigenvalue weighted by atomic mass is 79.9. The van der Waals surface area contributed by atoms with Crippen molar-refractivity contribution in [1.29, 1.82) is 5.26 Å². The molecule has 0 bridgehead atoms. The van der Waals surface area contributed by atoms with E-state index in [1.54, 1.807) is 36.4 Å². The standard InChI is InChI=1S/C26H21BrN4O5S/c1-35-21-11-15(9-10-20(21)36-26(34)16-5-4-6-17(27)12-16)14-29-31-24(33)23(32)30-25-19(13-28)18-7-2-3-8-22(18)37-25/h4-6,9-12,14H,2-3,7-8H2,1H3,(H,30,32)(H,31,33). The molecule has 2 N–H and O–H groups in total. The van der Waals surface area contributed by atoms with Crippen molar-refractivity contribution in [2.24, 2.45) is 5.10 Å². The second kappa shape index (κ2) is 11.8. The predicted molar refractivity (Wildman–Crippen MR) is 142 cm³/mol. The molecule has 0 radical (unpaired) electrons. The molecule has 4 rings (SSSR count). The Morgan fingerprint density at radius 2 is 1.92 bits per heavy atom. The van der Waals surface area contributed by atoms with Gasteiger partial charge in [-0.25, -0.2) is 10.2 Å². The highest BCUT2D eigenvalue weighted by molar-refractivity contribution is 9.10. The molecule has 0 saturated heterocycles. The van der Waals surface area contributed by atoms with Gasteiger partial charge in [0, 0.05) is 9.35 Å². The van der Waals surface area contributed by atoms with Crippen LogP contribution in [0.5, 0.6) is 11.5 Å². The summed E-state index contributed by atoms with van der Waals surface area (Å²) in [6.07, 6.45) is 5.03. The lowest BCUT2D eigenvalue weighted by atomic mass is 9.96. The molecule has 0 saturated carbocycles. The summed E-state index contributed by atoms with van der Waals surface area (Å²) in [5.74, 6) is -1.95. The van der Waals surface area contributed by atoms with Gasteiger partial charge in [0.25, 0.3) is 0 Å². The smallest absolute Gasteiger partial charge is 0.343 e. The summed E-state index contributed by atoms with van der Waals surface area (Å²) >= 11 is 4.65. The first-order chi connectivity index (χ1) is 17.9. The molecule has 1 aliphatic rings. The van der Waals surface area contributed by atoms with Crippen LogP contribution in [0.4, 0.5) is 5.00 Å². The number of hydrazone groups is 1. The van der Waals surface area contributed by atoms with Crippen LogP contribution in [0, 0.1) is 11.3 Å². The minimum Gasteiger partial charge on any atom is -0.493 e. The number of ether oxygens (including phenoxy) is 2. The van der Waals surface area contributed by atoms with Crippen LogP contribution in [0.15, 0.2) is 52.0 Å². The minimum atomic E-state index is -0.974. The number of carbonyl (C=O) groups is 3. The van der Waals surface area contributed by atoms with Crippen molar-refractivity contribution in [2.45, 2.75) is 25.7 Å². The zero-order chi connectivity index (χ0) is 26.4. The van der Waals surface area contributed by atoms with Crippen molar-refractivity contribution < 1.29 is 23.9 Å². The number of aryl methyl sites for hydroxylation is 1. The molecule has 0 atom stereocenters. The van der Waals surface area contributed by atoms with Gasteiger partial charge in [-0.1, -0.05) is 22.0 Å². The van der Waals surface area contributed by atoms with Crippen LogP contribution in [0.2, 0.25) is 0 Å². The van der Waals surface area contributed by atoms with Crippen molar-refractivity contribution in [3.63, 3.8) is 0 Å². The number of amides is 2. The number of nitriles is 1. The Bertz CT molecular complexity index is 1440. The molecule has 1 aromatic heterocycles. The van der Waals surface area contributed by atoms with E-state index in [9.17, 15) is 19.6 Å². The van der Waals surface area contributed by atoms with E-state index in [1.165, 1.54) is 30.7 Å². The number of thiophene rings is 1. The second-order valence-corrected chi connectivity index (χ2v) is 10.0. The average Bonchev–Trinajstić information content (AvgIpc) is 3.26. The third-order valence-corrected chi connectivity index (χ3v) is 7.25. The topological polar surface area (TPSA) is 130 Å². The lowest BCUT2D eigenvalue weighted by molar-refractivity contribution is -0.136. The molecule has 0 unspecified atom stereocenters. The maximum atomic E-state index is 12.4. The van der Waals surface area contributed by atoms with Gasteiger partial charge in [0.2, 0.25) is 0 Å². The van der Waals surface area contributed by atoms with E-state index in [2.05, 4.69) is 37.8 Å². The average molecular weight is 581 g/mol. The highest BCUT2D eigenvalue weighted by Gasteiger charge is 2.23. The Kier molecular flexibility index (Phi) is 8.32. The first-order valence-corrected chi connectivity index (χ1v) is 12.9. The Balaban J connectivity index is 1.37. The Morgan fingerprint density at radius 3 is 2.68 bits per heavy atom. The van der Waals surface area contributed by atoms with Crippen molar-refractivity contribution in [1.82, 2.24) is 5.43 Å². The predicted octanol–water partition coefficient (Wildman–Crippen LogP) is 4.58. The molecule has 0 aliphatic heterocycles. The molecule has 0 spiro atoms. The van der Waals surface area contributed by atoms with Gasteiger partial charge in [-0.15, -0.1) is 11.3 Å². The number of benzene rings is 2. The monoisotopic (exact) mass is 580 g/mol. The number of anilines is 1. The largest absolute Gasteiger partial charge is 0.493 e. The molecule has 2 aromatic carbocycles. The van der Waals surface area contributed by atoms with E-state index >= 15 is 0 Å². The number of nitrogens with zero attached hydrogens (tertiary/aromatic N) is 2. The van der Waals surface area contributed by atoms with Crippen LogP contribution in [0.25, 0.3) is 0 Å². The number of methoxy groups -OCH3 is 1. The third kappa shape index (κ3) is 6.22. The van der Waals surface area contributed by atoms with Gasteiger partial charge < -0.3 is 14.8 Å². The minimum absolute atomic E-state index is 0.208. The molecule has 1 aliphatic carbocycles. The third-order valence-electron chi connectivity index (χ3n) is 5.55. The maximum absolute atomic E-state index is 12.4. The number of halogens is 1. The summed E-state index contributed by atoms with van der Waals surface area (Å²) in [7, 11) is 1.43. The number of rotatable bonds is 6. The number of fused-ring (bicyclic) bond motifs is 1. The molecule has 0 fully saturated rings. The van der Waals surface area contributed by atoms with Crippen molar-refractivity contribution >= 4 is 56.3 Å². The van der Waals surface area contributed by atoms with Gasteiger partial charge in [-0.2, -0.15) is 10.4 Å². The highest BCUT2D eigenvalue weighted by Crippen LogP contribution is 2.37. The lowest BCUT2D eigenvalue weighted by Gasteiger charge is -2.10. The zero-order valence-electron chi connectivity index (χ0n) is 19.7. The van der Waals surface area contributed by atoms with Gasteiger partial charge in [0.1, 0.15) is 11.1 Å². The van der Waals surface area contributed by atoms with Gasteiger partial charge in [-0.05, 0) is 73.2 Å². The fraction of sp³-hybridized carbons (Fsp3) is 0.192. The van der Waals surface area contributed by atoms with E-state index in [-0.39, 0.29) is 11.5 Å². The normalized spacial score (nSPS) is 12.4. The Morgan fingerprint density at radius 1 is 1.11 bits per heavy atom. The van der Waals surface area contributed by atoms with E-state index in [0.29, 0.717) is 21.7 Å². The van der Waals surface area contributed by atoms with Crippen LogP contribution >= 0.6 is 27.3 Å². The Labute approximate surface area is 225 Å². The molecular weight excluding hydrogens is 560 g/mol. The zero-order valence-corrected chi connectivity index (χ0v) is 22.1. The van der Waals surface area contributed by atoms with E-state index in [1.807, 2.05) is 0 Å². The number of nitrogens with one attached hydrogen (secondary N) is 2. The summed E-state index contributed by atoms with van der Waals surface area (Å²) in [6, 6.07) is 13.6. The number of hydrogen-bond acceptors (Lipinski definition) is 8. The number of carbonyl (C=O) groups excluding carboxylic acids is 3. The SMILES string of the molecule is COc1cc(C=NNC(=O)C(=O)Nc2sc3c(c2C#N)CCCC3)ccc1OC(=O)c1cccc(Br)c1. The van der Waals surface area contributed by atoms with Crippen molar-refractivity contribution in [2.75, 3.05) is 12.4 Å². The number of esters is 1. The van der Waals surface area contributed by atoms with Crippen molar-refractivity contribution in [3.8, 4) is 17.6 Å². The summed E-state index contributed by atoms with van der Waals surface area (Å²) in [4.78, 5) is 38.1. The lowest BCUT2D eigenvalue weighted by Crippen LogP contribution is -2.32. The van der Waals surface area contributed by atoms with E-state index in [0.717, 1.165) is 40.6 Å². The summed E-state index contributed by atoms with van der Waals surface area (Å²) in [5.41, 5.74) is 4.46. The molecule has 3 aromatic rings. The van der Waals surface area contributed by atoms with Crippen LogP contribution in [0.1, 0.15) is 44.8 Å². The molecule has 9 nitrogen and oxygen atoms in total. The van der Waals surface area contributed by atoms with Crippen molar-refractivity contribution in [3.05, 3.63) is 74.1 Å². The van der Waals surface area contributed by atoms with Crippen LogP contribution in [0.3, 0.4) is 0 Å². The van der Waals surface area contributed by atoms with Gasteiger partial charge in [0.05, 0.1) is 24.5 Å². The molecule has 188 valence electrons. The number of hydrogen-bond donors (Lipinski definition) is 2. The first-order valence-electron chi connectivity index (χ1n) is 11.2. The quantitative estimate of drug-likeness (QED) is 0.144. The van der Waals surface area contributed by atoms with Crippen LogP contribution < -0.4 is 20.2 Å². The molecule has 1 heterocycles. The summed E-state index contributed by atoms with van der Waals surface area (Å²) in [6.45, 7) is 0. The molecule has 37 heavy (non-hydrogen) atoms. The second-order valence-electron chi connectivity index (χ2n) is 7.99. The maximum Gasteiger partial charge on any atom is 0.343 e. The fourth-order valence-corrected chi connectivity index (χ4v) is 5.41. The van der Waals surface area contributed by atoms with Gasteiger partial charge in [0.15, 0.2) is 11.5 Å². The molecular formula is C26H21BrN4O5S.